The highest BCUT2D eigenvalue weighted by atomic mass is 32.2. The van der Waals surface area contributed by atoms with Crippen LogP contribution in [0.4, 0.5) is 4.79 Å². The number of hydrogen-bond donors (Lipinski definition) is 1. The van der Waals surface area contributed by atoms with Crippen molar-refractivity contribution in [1.82, 2.24) is 20.3 Å². The minimum absolute atomic E-state index is 0.0437. The lowest BCUT2D eigenvalue weighted by molar-refractivity contribution is 0.0824. The van der Waals surface area contributed by atoms with Crippen LogP contribution in [0.5, 0.6) is 0 Å². The molecule has 0 radical (unpaired) electrons. The molecular formula is C26H24N4O3S. The molecule has 1 aliphatic carbocycles. The van der Waals surface area contributed by atoms with Crippen molar-refractivity contribution in [3.63, 3.8) is 0 Å². The van der Waals surface area contributed by atoms with Crippen LogP contribution in [0.2, 0.25) is 0 Å². The summed E-state index contributed by atoms with van der Waals surface area (Å²) in [6, 6.07) is 22.8. The number of rotatable bonds is 7. The standard InChI is InChI=1S/C26H24N4O3S/c1-34-15-14-23(25(31)30-24-13-7-6-12-22(24)28-29-30)27-26(32)33-16-21-19-10-4-2-8-17(19)18-9-3-5-11-20(18)21/h2-13,21,23H,14-16H2,1H3,(H,27,32)/t23-/m1/s1. The second-order valence-corrected chi connectivity index (χ2v) is 9.12. The van der Waals surface area contributed by atoms with Gasteiger partial charge in [0.15, 0.2) is 0 Å². The number of carbonyl (C=O) groups excluding carboxylic acids is 2. The summed E-state index contributed by atoms with van der Waals surface area (Å²) in [5.74, 6) is 0.321. The first-order valence-corrected chi connectivity index (χ1v) is 12.5. The molecule has 0 fully saturated rings. The van der Waals surface area contributed by atoms with Crippen molar-refractivity contribution in [3.8, 4) is 11.1 Å². The van der Waals surface area contributed by atoms with E-state index in [-0.39, 0.29) is 18.4 Å². The van der Waals surface area contributed by atoms with Crippen LogP contribution in [0.25, 0.3) is 22.2 Å². The van der Waals surface area contributed by atoms with Gasteiger partial charge in [-0.1, -0.05) is 65.9 Å². The van der Waals surface area contributed by atoms with Crippen LogP contribution >= 0.6 is 11.8 Å². The van der Waals surface area contributed by atoms with Crippen LogP contribution in [0, 0.1) is 0 Å². The fourth-order valence-corrected chi connectivity index (χ4v) is 4.93. The molecule has 1 heterocycles. The van der Waals surface area contributed by atoms with Gasteiger partial charge in [0, 0.05) is 5.92 Å². The van der Waals surface area contributed by atoms with Crippen LogP contribution in [0.15, 0.2) is 72.8 Å². The molecule has 0 aliphatic heterocycles. The van der Waals surface area contributed by atoms with Crippen molar-refractivity contribution in [2.45, 2.75) is 18.4 Å². The van der Waals surface area contributed by atoms with Gasteiger partial charge in [-0.2, -0.15) is 16.4 Å². The second kappa shape index (κ2) is 9.69. The number of benzene rings is 3. The van der Waals surface area contributed by atoms with Crippen LogP contribution in [0.1, 0.15) is 28.3 Å². The largest absolute Gasteiger partial charge is 0.449 e. The lowest BCUT2D eigenvalue weighted by Gasteiger charge is -2.19. The van der Waals surface area contributed by atoms with E-state index in [4.69, 9.17) is 4.74 Å². The number of thioether (sulfide) groups is 1. The molecule has 1 amide bonds. The zero-order valence-corrected chi connectivity index (χ0v) is 19.5. The van der Waals surface area contributed by atoms with Gasteiger partial charge < -0.3 is 10.1 Å². The van der Waals surface area contributed by atoms with Gasteiger partial charge in [0.25, 0.3) is 5.91 Å². The van der Waals surface area contributed by atoms with Crippen molar-refractivity contribution in [3.05, 3.63) is 83.9 Å². The summed E-state index contributed by atoms with van der Waals surface area (Å²) in [4.78, 5) is 26.0. The normalized spacial score (nSPS) is 13.3. The molecule has 4 aromatic rings. The first kappa shape index (κ1) is 22.2. The molecule has 1 aromatic heterocycles. The van der Waals surface area contributed by atoms with E-state index < -0.39 is 12.1 Å². The Hall–Kier alpha value is -3.65. The molecule has 3 aromatic carbocycles. The fraction of sp³-hybridized carbons (Fsp3) is 0.231. The molecule has 1 N–H and O–H groups in total. The molecule has 7 nitrogen and oxygen atoms in total. The van der Waals surface area contributed by atoms with Crippen LogP contribution in [-0.2, 0) is 4.74 Å². The Morgan fingerprint density at radius 3 is 2.35 bits per heavy atom. The van der Waals surface area contributed by atoms with E-state index in [2.05, 4.69) is 39.9 Å². The van der Waals surface area contributed by atoms with E-state index >= 15 is 0 Å². The first-order valence-electron chi connectivity index (χ1n) is 11.1. The van der Waals surface area contributed by atoms with E-state index in [0.717, 1.165) is 22.3 Å². The first-order chi connectivity index (χ1) is 16.7. The molecule has 0 unspecified atom stereocenters. The number of nitrogens with one attached hydrogen (secondary N) is 1. The van der Waals surface area contributed by atoms with Gasteiger partial charge in [-0.05, 0) is 52.8 Å². The molecule has 172 valence electrons. The third-order valence-electron chi connectivity index (χ3n) is 6.11. The zero-order valence-electron chi connectivity index (χ0n) is 18.7. The quantitative estimate of drug-likeness (QED) is 0.418. The predicted octanol–water partition coefficient (Wildman–Crippen LogP) is 4.73. The lowest BCUT2D eigenvalue weighted by atomic mass is 9.98. The monoisotopic (exact) mass is 472 g/mol. The van der Waals surface area contributed by atoms with E-state index in [1.165, 1.54) is 4.68 Å². The third-order valence-corrected chi connectivity index (χ3v) is 6.75. The van der Waals surface area contributed by atoms with Crippen molar-refractivity contribution < 1.29 is 14.3 Å². The molecule has 0 spiro atoms. The van der Waals surface area contributed by atoms with Gasteiger partial charge in [-0.15, -0.1) is 5.10 Å². The molecule has 34 heavy (non-hydrogen) atoms. The summed E-state index contributed by atoms with van der Waals surface area (Å²) in [5.41, 5.74) is 5.84. The minimum Gasteiger partial charge on any atom is -0.449 e. The summed E-state index contributed by atoms with van der Waals surface area (Å²) < 4.78 is 6.90. The molecule has 0 bridgehead atoms. The van der Waals surface area contributed by atoms with Crippen molar-refractivity contribution in [2.75, 3.05) is 18.6 Å². The number of hydrogen-bond acceptors (Lipinski definition) is 6. The molecule has 1 aliphatic rings. The minimum atomic E-state index is -0.770. The highest BCUT2D eigenvalue weighted by molar-refractivity contribution is 7.98. The fourth-order valence-electron chi connectivity index (χ4n) is 4.45. The zero-order chi connectivity index (χ0) is 23.5. The van der Waals surface area contributed by atoms with Crippen molar-refractivity contribution in [1.29, 1.82) is 0 Å². The van der Waals surface area contributed by atoms with E-state index in [1.54, 1.807) is 23.9 Å². The van der Waals surface area contributed by atoms with Gasteiger partial charge >= 0.3 is 6.09 Å². The van der Waals surface area contributed by atoms with Crippen LogP contribution in [-0.4, -0.2) is 51.7 Å². The van der Waals surface area contributed by atoms with Gasteiger partial charge in [0.1, 0.15) is 18.2 Å². The van der Waals surface area contributed by atoms with Gasteiger partial charge in [-0.3, -0.25) is 4.79 Å². The maximum Gasteiger partial charge on any atom is 0.407 e. The number of nitrogens with zero attached hydrogens (tertiary/aromatic N) is 3. The van der Waals surface area contributed by atoms with E-state index in [1.807, 2.05) is 42.7 Å². The molecule has 1 atom stereocenters. The second-order valence-electron chi connectivity index (χ2n) is 8.13. The van der Waals surface area contributed by atoms with Crippen LogP contribution in [0.3, 0.4) is 0 Å². The predicted molar refractivity (Wildman–Crippen MR) is 133 cm³/mol. The number of ether oxygens (including phenoxy) is 1. The number of amides is 1. The van der Waals surface area contributed by atoms with E-state index in [0.29, 0.717) is 23.2 Å². The number of aromatic nitrogens is 3. The number of alkyl carbamates (subject to hydrolysis) is 1. The molecule has 5 rings (SSSR count). The highest BCUT2D eigenvalue weighted by Gasteiger charge is 2.30. The maximum atomic E-state index is 13.2. The summed E-state index contributed by atoms with van der Waals surface area (Å²) in [6.07, 6.45) is 1.80. The average Bonchev–Trinajstić information content (AvgIpc) is 3.44. The summed E-state index contributed by atoms with van der Waals surface area (Å²) in [6.45, 7) is 0.190. The molecule has 0 saturated carbocycles. The Morgan fingerprint density at radius 2 is 1.65 bits per heavy atom. The Kier molecular flexibility index (Phi) is 6.31. The summed E-state index contributed by atoms with van der Waals surface area (Å²) >= 11 is 1.60. The van der Waals surface area contributed by atoms with Gasteiger partial charge in [0.05, 0.1) is 5.52 Å². The van der Waals surface area contributed by atoms with Crippen LogP contribution < -0.4 is 5.32 Å². The maximum absolute atomic E-state index is 13.2. The topological polar surface area (TPSA) is 86.1 Å². The Balaban J connectivity index is 1.31. The Morgan fingerprint density at radius 1 is 1.00 bits per heavy atom. The SMILES string of the molecule is CSCC[C@@H](NC(=O)OCC1c2ccccc2-c2ccccc21)C(=O)n1nnc2ccccc21. The summed E-state index contributed by atoms with van der Waals surface area (Å²) in [5, 5.41) is 10.8. The van der Waals surface area contributed by atoms with Crippen molar-refractivity contribution in [2.24, 2.45) is 0 Å². The number of fused-ring (bicyclic) bond motifs is 4. The molecule has 8 heteroatoms. The number of carbonyl (C=O) groups is 2. The smallest absolute Gasteiger partial charge is 0.407 e. The average molecular weight is 473 g/mol. The van der Waals surface area contributed by atoms with Gasteiger partial charge in [0.2, 0.25) is 0 Å². The Bertz CT molecular complexity index is 1310. The highest BCUT2D eigenvalue weighted by Crippen LogP contribution is 2.44. The lowest BCUT2D eigenvalue weighted by Crippen LogP contribution is -2.44. The van der Waals surface area contributed by atoms with E-state index in [9.17, 15) is 9.59 Å². The third kappa shape index (κ3) is 4.17. The summed E-state index contributed by atoms with van der Waals surface area (Å²) in [7, 11) is 0. The number of para-hydroxylation sites is 1. The van der Waals surface area contributed by atoms with Gasteiger partial charge in [-0.25, -0.2) is 4.79 Å². The van der Waals surface area contributed by atoms with Crippen molar-refractivity contribution >= 4 is 34.8 Å². The molecular weight excluding hydrogens is 448 g/mol. The Labute approximate surface area is 201 Å². The molecule has 0 saturated heterocycles.